The van der Waals surface area contributed by atoms with Crippen molar-refractivity contribution in [2.24, 2.45) is 0 Å². The summed E-state index contributed by atoms with van der Waals surface area (Å²) in [5.41, 5.74) is 9.00. The van der Waals surface area contributed by atoms with Crippen molar-refractivity contribution in [3.05, 3.63) is 51.3 Å². The first-order chi connectivity index (χ1) is 11.8. The number of aromatic nitrogens is 1. The summed E-state index contributed by atoms with van der Waals surface area (Å²) in [6.45, 7) is 3.44. The highest BCUT2D eigenvalue weighted by Gasteiger charge is 2.19. The van der Waals surface area contributed by atoms with Crippen LogP contribution in [-0.2, 0) is 0 Å². The van der Waals surface area contributed by atoms with E-state index in [0.29, 0.717) is 33.1 Å². The van der Waals surface area contributed by atoms with Gasteiger partial charge in [-0.05, 0) is 49.4 Å². The number of rotatable bonds is 3. The van der Waals surface area contributed by atoms with Gasteiger partial charge in [0.25, 0.3) is 5.91 Å². The van der Waals surface area contributed by atoms with E-state index in [1.807, 2.05) is 6.07 Å². The van der Waals surface area contributed by atoms with Gasteiger partial charge in [0.1, 0.15) is 16.9 Å². The Kier molecular flexibility index (Phi) is 5.67. The van der Waals surface area contributed by atoms with E-state index >= 15 is 0 Å². The molecule has 6 nitrogen and oxygen atoms in total. The minimum absolute atomic E-state index is 0.00194. The minimum atomic E-state index is -0.446. The van der Waals surface area contributed by atoms with Crippen molar-refractivity contribution in [1.82, 2.24) is 4.98 Å². The van der Waals surface area contributed by atoms with Gasteiger partial charge in [-0.15, -0.1) is 11.8 Å². The molecule has 1 amide bonds. The lowest BCUT2D eigenvalue weighted by molar-refractivity contribution is 0.102. The lowest BCUT2D eigenvalue weighted by atomic mass is 10.0. The number of nitriles is 1. The third-order valence-electron chi connectivity index (χ3n) is 3.80. The zero-order chi connectivity index (χ0) is 18.7. The van der Waals surface area contributed by atoms with Gasteiger partial charge < -0.3 is 11.1 Å². The van der Waals surface area contributed by atoms with Crippen molar-refractivity contribution in [1.29, 1.82) is 10.7 Å². The molecule has 4 N–H and O–H groups in total. The molecule has 0 fully saturated rings. The SMILES string of the molecule is CSC(=N)c1cc(NC(=O)c2nc(Cl)c(C#N)c(C)c2C)ccc1N. The Hall–Kier alpha value is -2.56. The van der Waals surface area contributed by atoms with Gasteiger partial charge >= 0.3 is 0 Å². The average Bonchev–Trinajstić information content (AvgIpc) is 2.59. The van der Waals surface area contributed by atoms with Gasteiger partial charge in [0.15, 0.2) is 0 Å². The zero-order valence-electron chi connectivity index (χ0n) is 13.9. The van der Waals surface area contributed by atoms with Gasteiger partial charge in [0, 0.05) is 16.9 Å². The van der Waals surface area contributed by atoms with Gasteiger partial charge in [-0.3, -0.25) is 10.2 Å². The highest BCUT2D eigenvalue weighted by molar-refractivity contribution is 8.13. The van der Waals surface area contributed by atoms with E-state index in [9.17, 15) is 4.79 Å². The molecule has 0 unspecified atom stereocenters. The van der Waals surface area contributed by atoms with Crippen LogP contribution in [0.5, 0.6) is 0 Å². The molecule has 1 aromatic heterocycles. The van der Waals surface area contributed by atoms with Gasteiger partial charge in [-0.2, -0.15) is 5.26 Å². The molecule has 128 valence electrons. The van der Waals surface area contributed by atoms with Crippen LogP contribution in [0.3, 0.4) is 0 Å². The molecule has 2 rings (SSSR count). The Morgan fingerprint density at radius 2 is 2.08 bits per heavy atom. The summed E-state index contributed by atoms with van der Waals surface area (Å²) in [5, 5.41) is 20.1. The molecule has 1 aromatic carbocycles. The number of nitrogens with two attached hydrogens (primary N) is 1. The van der Waals surface area contributed by atoms with Crippen molar-refractivity contribution < 1.29 is 4.79 Å². The number of hydrogen-bond donors (Lipinski definition) is 3. The number of nitrogens with zero attached hydrogens (tertiary/aromatic N) is 2. The van der Waals surface area contributed by atoms with E-state index in [-0.39, 0.29) is 16.4 Å². The maximum absolute atomic E-state index is 12.6. The topological polar surface area (TPSA) is 116 Å². The number of carbonyl (C=O) groups is 1. The van der Waals surface area contributed by atoms with E-state index in [0.717, 1.165) is 0 Å². The predicted molar refractivity (Wildman–Crippen MR) is 103 cm³/mol. The largest absolute Gasteiger partial charge is 0.398 e. The molecule has 0 atom stereocenters. The van der Waals surface area contributed by atoms with Crippen molar-refractivity contribution in [2.45, 2.75) is 13.8 Å². The molecule has 0 aliphatic rings. The molecule has 8 heteroatoms. The van der Waals surface area contributed by atoms with E-state index in [1.165, 1.54) is 11.8 Å². The second-order valence-electron chi connectivity index (χ2n) is 5.28. The standard InChI is InChI=1S/C17H16ClN5OS/c1-8-9(2)14(23-15(18)12(8)7-19)17(24)22-10-4-5-13(20)11(6-10)16(21)25-3/h4-6,21H,20H2,1-3H3,(H,22,24). The van der Waals surface area contributed by atoms with Gasteiger partial charge in [0.05, 0.1) is 10.6 Å². The first-order valence-electron chi connectivity index (χ1n) is 7.20. The van der Waals surface area contributed by atoms with Crippen LogP contribution in [0.1, 0.15) is 32.7 Å². The first kappa shape index (κ1) is 18.8. The number of pyridine rings is 1. The summed E-state index contributed by atoms with van der Waals surface area (Å²) in [6.07, 6.45) is 1.78. The zero-order valence-corrected chi connectivity index (χ0v) is 15.5. The van der Waals surface area contributed by atoms with Crippen LogP contribution in [0.2, 0.25) is 5.15 Å². The normalized spacial score (nSPS) is 10.2. The summed E-state index contributed by atoms with van der Waals surface area (Å²) >= 11 is 7.26. The quantitative estimate of drug-likeness (QED) is 0.328. The number of benzene rings is 1. The van der Waals surface area contributed by atoms with Crippen molar-refractivity contribution >= 4 is 45.7 Å². The lowest BCUT2D eigenvalue weighted by Gasteiger charge is -2.12. The molecule has 1 heterocycles. The van der Waals surface area contributed by atoms with Crippen LogP contribution in [0, 0.1) is 30.6 Å². The number of carbonyl (C=O) groups excluding carboxylic acids is 1. The monoisotopic (exact) mass is 373 g/mol. The van der Waals surface area contributed by atoms with Gasteiger partial charge in [0.2, 0.25) is 0 Å². The molecule has 0 aliphatic carbocycles. The van der Waals surface area contributed by atoms with Crippen LogP contribution in [-0.4, -0.2) is 22.2 Å². The molecule has 0 aliphatic heterocycles. The van der Waals surface area contributed by atoms with Crippen LogP contribution in [0.15, 0.2) is 18.2 Å². The number of nitrogen functional groups attached to an aromatic ring is 1. The van der Waals surface area contributed by atoms with Gasteiger partial charge in [-0.25, -0.2) is 4.98 Å². The lowest BCUT2D eigenvalue weighted by Crippen LogP contribution is -2.17. The summed E-state index contributed by atoms with van der Waals surface area (Å²) in [6, 6.07) is 6.91. The van der Waals surface area contributed by atoms with E-state index < -0.39 is 5.91 Å². The van der Waals surface area contributed by atoms with Crippen molar-refractivity contribution in [3.63, 3.8) is 0 Å². The maximum Gasteiger partial charge on any atom is 0.274 e. The van der Waals surface area contributed by atoms with Crippen molar-refractivity contribution in [2.75, 3.05) is 17.3 Å². The number of hydrogen-bond acceptors (Lipinski definition) is 6. The molecule has 0 radical (unpaired) electrons. The molecular formula is C17H16ClN5OS. The first-order valence-corrected chi connectivity index (χ1v) is 8.81. The fraction of sp³-hybridized carbons (Fsp3) is 0.176. The Bertz CT molecular complexity index is 920. The molecule has 25 heavy (non-hydrogen) atoms. The Balaban J connectivity index is 2.39. The number of amides is 1. The average molecular weight is 374 g/mol. The Labute approximate surface area is 154 Å². The van der Waals surface area contributed by atoms with E-state index in [4.69, 9.17) is 28.0 Å². The van der Waals surface area contributed by atoms with Crippen molar-refractivity contribution in [3.8, 4) is 6.07 Å². The number of thioether (sulfide) groups is 1. The Morgan fingerprint density at radius 3 is 2.68 bits per heavy atom. The molecule has 0 saturated carbocycles. The number of nitrogens with one attached hydrogen (secondary N) is 2. The third-order valence-corrected chi connectivity index (χ3v) is 4.70. The smallest absolute Gasteiger partial charge is 0.274 e. The van der Waals surface area contributed by atoms with Crippen LogP contribution < -0.4 is 11.1 Å². The van der Waals surface area contributed by atoms with Crippen LogP contribution >= 0.6 is 23.4 Å². The second-order valence-corrected chi connectivity index (χ2v) is 6.45. The summed E-state index contributed by atoms with van der Waals surface area (Å²) in [4.78, 5) is 16.6. The maximum atomic E-state index is 12.6. The Morgan fingerprint density at radius 1 is 1.40 bits per heavy atom. The summed E-state index contributed by atoms with van der Waals surface area (Å²) < 4.78 is 0. The highest BCUT2D eigenvalue weighted by atomic mass is 35.5. The van der Waals surface area contributed by atoms with Gasteiger partial charge in [-0.1, -0.05) is 11.6 Å². The molecule has 0 bridgehead atoms. The fourth-order valence-electron chi connectivity index (χ4n) is 2.24. The number of anilines is 2. The summed E-state index contributed by atoms with van der Waals surface area (Å²) in [5.74, 6) is -0.446. The molecule has 0 spiro atoms. The fourth-order valence-corrected chi connectivity index (χ4v) is 2.90. The van der Waals surface area contributed by atoms with E-state index in [2.05, 4.69) is 10.3 Å². The minimum Gasteiger partial charge on any atom is -0.398 e. The highest BCUT2D eigenvalue weighted by Crippen LogP contribution is 2.25. The molecular weight excluding hydrogens is 358 g/mol. The third kappa shape index (κ3) is 3.76. The van der Waals surface area contributed by atoms with E-state index in [1.54, 1.807) is 38.3 Å². The number of halogens is 1. The summed E-state index contributed by atoms with van der Waals surface area (Å²) in [7, 11) is 0. The van der Waals surface area contributed by atoms with Crippen LogP contribution in [0.25, 0.3) is 0 Å². The molecule has 2 aromatic rings. The predicted octanol–water partition coefficient (Wildman–Crippen LogP) is 3.75. The van der Waals surface area contributed by atoms with Crippen LogP contribution in [0.4, 0.5) is 11.4 Å². The molecule has 0 saturated heterocycles. The second kappa shape index (κ2) is 7.55.